The number of aromatic amines is 1. The van der Waals surface area contributed by atoms with Crippen molar-refractivity contribution in [2.24, 2.45) is 0 Å². The van der Waals surface area contributed by atoms with Gasteiger partial charge < -0.3 is 14.5 Å². The topological polar surface area (TPSA) is 67.5 Å². The molecule has 0 radical (unpaired) electrons. The van der Waals surface area contributed by atoms with Gasteiger partial charge in [-0.25, -0.2) is 4.98 Å². The van der Waals surface area contributed by atoms with E-state index in [1.54, 1.807) is 20.3 Å². The fourth-order valence-electron chi connectivity index (χ4n) is 4.60. The maximum Gasteiger partial charge on any atom is 0.258 e. The minimum atomic E-state index is -0.106. The molecule has 6 nitrogen and oxygen atoms in total. The number of aromatic nitrogens is 2. The molecule has 1 N–H and O–H groups in total. The average molecular weight is 428 g/mol. The predicted molar refractivity (Wildman–Crippen MR) is 124 cm³/mol. The molecule has 32 heavy (non-hydrogen) atoms. The fourth-order valence-corrected chi connectivity index (χ4v) is 4.60. The number of rotatable bonds is 5. The van der Waals surface area contributed by atoms with Gasteiger partial charge in [-0.2, -0.15) is 0 Å². The van der Waals surface area contributed by atoms with Crippen LogP contribution < -0.4 is 15.0 Å². The lowest BCUT2D eigenvalue weighted by molar-refractivity contribution is 0.198. The maximum atomic E-state index is 12.6. The van der Waals surface area contributed by atoms with Gasteiger partial charge in [0, 0.05) is 6.54 Å². The lowest BCUT2D eigenvalue weighted by Gasteiger charge is -2.37. The van der Waals surface area contributed by atoms with Crippen molar-refractivity contribution in [3.63, 3.8) is 0 Å². The normalized spacial score (nSPS) is 16.0. The van der Waals surface area contributed by atoms with Crippen molar-refractivity contribution in [2.75, 3.05) is 20.8 Å². The summed E-state index contributed by atoms with van der Waals surface area (Å²) in [5.74, 6) is 2.12. The second kappa shape index (κ2) is 8.48. The van der Waals surface area contributed by atoms with Crippen LogP contribution in [0.2, 0.25) is 0 Å². The highest BCUT2D eigenvalue weighted by molar-refractivity contribution is 5.77. The van der Waals surface area contributed by atoms with Crippen LogP contribution in [-0.2, 0) is 13.0 Å². The first-order valence-electron chi connectivity index (χ1n) is 10.7. The number of fused-ring (bicyclic) bond motifs is 2. The van der Waals surface area contributed by atoms with Crippen LogP contribution in [0.25, 0.3) is 10.9 Å². The molecule has 0 fully saturated rings. The van der Waals surface area contributed by atoms with Gasteiger partial charge in [-0.1, -0.05) is 42.5 Å². The third-order valence-corrected chi connectivity index (χ3v) is 6.10. The minimum absolute atomic E-state index is 0.0107. The summed E-state index contributed by atoms with van der Waals surface area (Å²) in [5.41, 5.74) is 4.22. The van der Waals surface area contributed by atoms with Crippen molar-refractivity contribution in [3.05, 3.63) is 99.6 Å². The van der Waals surface area contributed by atoms with Gasteiger partial charge in [0.05, 0.1) is 37.7 Å². The lowest BCUT2D eigenvalue weighted by atomic mass is 9.87. The summed E-state index contributed by atoms with van der Waals surface area (Å²) in [4.78, 5) is 22.7. The van der Waals surface area contributed by atoms with E-state index in [-0.39, 0.29) is 11.6 Å². The van der Waals surface area contributed by atoms with Crippen molar-refractivity contribution < 1.29 is 9.47 Å². The van der Waals surface area contributed by atoms with E-state index in [9.17, 15) is 4.79 Å². The molecule has 2 heterocycles. The average Bonchev–Trinajstić information content (AvgIpc) is 2.83. The SMILES string of the molecule is COc1cc2c(cc1OC)[C@H](c1ccccc1)N(Cc1nc3ccccc3c(=O)[nH]1)CC2. The molecular weight excluding hydrogens is 402 g/mol. The van der Waals surface area contributed by atoms with Crippen LogP contribution in [0.4, 0.5) is 0 Å². The monoisotopic (exact) mass is 427 g/mol. The number of hydrogen-bond acceptors (Lipinski definition) is 5. The highest BCUT2D eigenvalue weighted by Crippen LogP contribution is 2.41. The number of nitrogens with one attached hydrogen (secondary N) is 1. The van der Waals surface area contributed by atoms with E-state index in [0.29, 0.717) is 29.0 Å². The van der Waals surface area contributed by atoms with Gasteiger partial charge in [0.25, 0.3) is 5.56 Å². The summed E-state index contributed by atoms with van der Waals surface area (Å²) in [6.07, 6.45) is 0.872. The van der Waals surface area contributed by atoms with E-state index in [0.717, 1.165) is 18.7 Å². The number of para-hydroxylation sites is 1. The van der Waals surface area contributed by atoms with Crippen molar-refractivity contribution >= 4 is 10.9 Å². The number of H-pyrrole nitrogens is 1. The molecule has 0 saturated heterocycles. The quantitative estimate of drug-likeness (QED) is 0.520. The molecule has 0 bridgehead atoms. The van der Waals surface area contributed by atoms with Gasteiger partial charge in [0.1, 0.15) is 5.82 Å². The number of hydrogen-bond donors (Lipinski definition) is 1. The van der Waals surface area contributed by atoms with Crippen LogP contribution in [0.1, 0.15) is 28.6 Å². The molecule has 0 saturated carbocycles. The zero-order valence-electron chi connectivity index (χ0n) is 18.2. The molecular formula is C26H25N3O3. The molecule has 5 rings (SSSR count). The Morgan fingerprint density at radius 3 is 2.50 bits per heavy atom. The summed E-state index contributed by atoms with van der Waals surface area (Å²) in [7, 11) is 3.32. The molecule has 4 aromatic rings. The number of nitrogens with zero attached hydrogens (tertiary/aromatic N) is 2. The van der Waals surface area contributed by atoms with Crippen molar-refractivity contribution in [2.45, 2.75) is 19.0 Å². The number of ether oxygens (including phenoxy) is 2. The second-order valence-corrected chi connectivity index (χ2v) is 7.97. The highest BCUT2D eigenvalue weighted by Gasteiger charge is 2.31. The van der Waals surface area contributed by atoms with Gasteiger partial charge in [0.15, 0.2) is 11.5 Å². The molecule has 0 amide bonds. The first-order valence-corrected chi connectivity index (χ1v) is 10.7. The molecule has 0 unspecified atom stereocenters. The summed E-state index contributed by atoms with van der Waals surface area (Å²) in [5, 5.41) is 0.608. The Bertz CT molecular complexity index is 1320. The molecule has 162 valence electrons. The van der Waals surface area contributed by atoms with E-state index in [2.05, 4.69) is 46.3 Å². The molecule has 1 atom stereocenters. The minimum Gasteiger partial charge on any atom is -0.493 e. The molecule has 1 aliphatic rings. The van der Waals surface area contributed by atoms with Crippen LogP contribution in [-0.4, -0.2) is 35.6 Å². The van der Waals surface area contributed by atoms with Gasteiger partial charge in [-0.3, -0.25) is 9.69 Å². The molecule has 1 aromatic heterocycles. The lowest BCUT2D eigenvalue weighted by Crippen LogP contribution is -2.36. The van der Waals surface area contributed by atoms with Gasteiger partial charge in [-0.05, 0) is 47.4 Å². The first kappa shape index (κ1) is 20.3. The standard InChI is InChI=1S/C26H25N3O3/c1-31-22-14-18-12-13-29(16-24-27-21-11-7-6-10-19(21)26(30)28-24)25(17-8-4-3-5-9-17)20(18)15-23(22)32-2/h3-11,14-15,25H,12-13,16H2,1-2H3,(H,27,28,30)/t25-/m0/s1. The Kier molecular flexibility index (Phi) is 5.37. The van der Waals surface area contributed by atoms with E-state index < -0.39 is 0 Å². The number of methoxy groups -OCH3 is 2. The van der Waals surface area contributed by atoms with Crippen molar-refractivity contribution in [1.82, 2.24) is 14.9 Å². The van der Waals surface area contributed by atoms with Crippen LogP contribution >= 0.6 is 0 Å². The van der Waals surface area contributed by atoms with Gasteiger partial charge in [0.2, 0.25) is 0 Å². The molecule has 6 heteroatoms. The Balaban J connectivity index is 1.59. The summed E-state index contributed by atoms with van der Waals surface area (Å²) < 4.78 is 11.1. The zero-order valence-corrected chi connectivity index (χ0v) is 18.2. The Morgan fingerprint density at radius 1 is 1.00 bits per heavy atom. The van der Waals surface area contributed by atoms with Crippen LogP contribution in [0.5, 0.6) is 11.5 Å². The molecule has 1 aliphatic heterocycles. The third-order valence-electron chi connectivity index (χ3n) is 6.10. The summed E-state index contributed by atoms with van der Waals surface area (Å²) in [6.45, 7) is 1.37. The number of benzene rings is 3. The van der Waals surface area contributed by atoms with E-state index >= 15 is 0 Å². The smallest absolute Gasteiger partial charge is 0.258 e. The van der Waals surface area contributed by atoms with Gasteiger partial charge >= 0.3 is 0 Å². The zero-order chi connectivity index (χ0) is 22.1. The van der Waals surface area contributed by atoms with Gasteiger partial charge in [-0.15, -0.1) is 0 Å². The van der Waals surface area contributed by atoms with Crippen LogP contribution in [0.15, 0.2) is 71.5 Å². The largest absolute Gasteiger partial charge is 0.493 e. The molecule has 3 aromatic carbocycles. The Morgan fingerprint density at radius 2 is 1.72 bits per heavy atom. The Labute approximate surface area is 186 Å². The molecule has 0 spiro atoms. The second-order valence-electron chi connectivity index (χ2n) is 7.97. The highest BCUT2D eigenvalue weighted by atomic mass is 16.5. The third kappa shape index (κ3) is 3.63. The molecule has 0 aliphatic carbocycles. The summed E-state index contributed by atoms with van der Waals surface area (Å²) in [6, 6.07) is 22.0. The predicted octanol–water partition coefficient (Wildman–Crippen LogP) is 4.09. The fraction of sp³-hybridized carbons (Fsp3) is 0.231. The van der Waals surface area contributed by atoms with E-state index in [4.69, 9.17) is 14.5 Å². The van der Waals surface area contributed by atoms with Crippen LogP contribution in [0.3, 0.4) is 0 Å². The van der Waals surface area contributed by atoms with Crippen LogP contribution in [0, 0.1) is 0 Å². The van der Waals surface area contributed by atoms with E-state index in [1.165, 1.54) is 16.7 Å². The first-order chi connectivity index (χ1) is 15.7. The Hall–Kier alpha value is -3.64. The maximum absolute atomic E-state index is 12.6. The van der Waals surface area contributed by atoms with Crippen molar-refractivity contribution in [3.8, 4) is 11.5 Å². The summed E-state index contributed by atoms with van der Waals surface area (Å²) >= 11 is 0. The van der Waals surface area contributed by atoms with Crippen molar-refractivity contribution in [1.29, 1.82) is 0 Å². The van der Waals surface area contributed by atoms with E-state index in [1.807, 2.05) is 24.3 Å².